The van der Waals surface area contributed by atoms with Gasteiger partial charge >= 0.3 is 0 Å². The molecule has 1 amide bonds. The van der Waals surface area contributed by atoms with Gasteiger partial charge in [-0.3, -0.25) is 4.79 Å². The van der Waals surface area contributed by atoms with Gasteiger partial charge in [0.25, 0.3) is 0 Å². The number of halogens is 2. The first-order valence-electron chi connectivity index (χ1n) is 5.89. The van der Waals surface area contributed by atoms with Crippen LogP contribution in [0.5, 0.6) is 0 Å². The number of hydrogen-bond acceptors (Lipinski definition) is 1. The third-order valence-electron chi connectivity index (χ3n) is 2.62. The summed E-state index contributed by atoms with van der Waals surface area (Å²) in [5.41, 5.74) is 1.30. The van der Waals surface area contributed by atoms with E-state index in [9.17, 15) is 13.6 Å². The Morgan fingerprint density at radius 1 is 0.947 bits per heavy atom. The molecule has 0 bridgehead atoms. The number of carbonyl (C=O) groups excluding carboxylic acids is 1. The summed E-state index contributed by atoms with van der Waals surface area (Å²) in [4.78, 5) is 11.7. The molecule has 2 nitrogen and oxygen atoms in total. The van der Waals surface area contributed by atoms with Crippen molar-refractivity contribution in [3.05, 3.63) is 71.3 Å². The van der Waals surface area contributed by atoms with Crippen molar-refractivity contribution in [1.82, 2.24) is 5.32 Å². The van der Waals surface area contributed by atoms with Crippen LogP contribution in [-0.4, -0.2) is 5.91 Å². The molecule has 0 saturated carbocycles. The van der Waals surface area contributed by atoms with Gasteiger partial charge in [-0.05, 0) is 23.3 Å². The molecule has 0 fully saturated rings. The molecule has 0 unspecified atom stereocenters. The van der Waals surface area contributed by atoms with Crippen LogP contribution in [0.25, 0.3) is 0 Å². The zero-order valence-corrected chi connectivity index (χ0v) is 10.2. The average Bonchev–Trinajstić information content (AvgIpc) is 2.36. The summed E-state index contributed by atoms with van der Waals surface area (Å²) in [6, 6.07) is 12.5. The first-order valence-corrected chi connectivity index (χ1v) is 5.89. The smallest absolute Gasteiger partial charge is 0.224 e. The van der Waals surface area contributed by atoms with Crippen molar-refractivity contribution in [2.45, 2.75) is 13.0 Å². The SMILES string of the molecule is O=C(Cc1cc(F)cc(F)c1)NCc1ccccc1. The molecule has 0 aliphatic carbocycles. The molecule has 0 aliphatic heterocycles. The monoisotopic (exact) mass is 261 g/mol. The maximum Gasteiger partial charge on any atom is 0.224 e. The van der Waals surface area contributed by atoms with Gasteiger partial charge in [-0.15, -0.1) is 0 Å². The number of rotatable bonds is 4. The third kappa shape index (κ3) is 4.17. The minimum absolute atomic E-state index is 0.0402. The Hall–Kier alpha value is -2.23. The molecule has 2 aromatic carbocycles. The fourth-order valence-corrected chi connectivity index (χ4v) is 1.76. The molecule has 1 N–H and O–H groups in total. The van der Waals surface area contributed by atoms with Crippen molar-refractivity contribution in [3.8, 4) is 0 Å². The van der Waals surface area contributed by atoms with Gasteiger partial charge < -0.3 is 5.32 Å². The highest BCUT2D eigenvalue weighted by Crippen LogP contribution is 2.08. The Bertz CT molecular complexity index is 549. The summed E-state index contributed by atoms with van der Waals surface area (Å²) in [7, 11) is 0. The van der Waals surface area contributed by atoms with Gasteiger partial charge in [0.05, 0.1) is 6.42 Å². The summed E-state index contributed by atoms with van der Waals surface area (Å²) in [5, 5.41) is 2.70. The predicted molar refractivity (Wildman–Crippen MR) is 68.4 cm³/mol. The molecule has 0 heterocycles. The lowest BCUT2D eigenvalue weighted by Crippen LogP contribution is -2.24. The maximum absolute atomic E-state index is 13.0. The van der Waals surface area contributed by atoms with Crippen LogP contribution in [0.1, 0.15) is 11.1 Å². The molecule has 19 heavy (non-hydrogen) atoms. The molecule has 0 atom stereocenters. The Morgan fingerprint density at radius 2 is 1.58 bits per heavy atom. The molecule has 2 aromatic rings. The zero-order chi connectivity index (χ0) is 13.7. The van der Waals surface area contributed by atoms with Crippen LogP contribution in [0.4, 0.5) is 8.78 Å². The summed E-state index contributed by atoms with van der Waals surface area (Å²) in [6.07, 6.45) is -0.0402. The maximum atomic E-state index is 13.0. The van der Waals surface area contributed by atoms with E-state index in [4.69, 9.17) is 0 Å². The molecule has 4 heteroatoms. The average molecular weight is 261 g/mol. The van der Waals surface area contributed by atoms with Crippen LogP contribution >= 0.6 is 0 Å². The van der Waals surface area contributed by atoms with E-state index in [1.165, 1.54) is 0 Å². The largest absolute Gasteiger partial charge is 0.352 e. The normalized spacial score (nSPS) is 10.2. The van der Waals surface area contributed by atoms with Gasteiger partial charge in [-0.25, -0.2) is 8.78 Å². The molecule has 0 aromatic heterocycles. The van der Waals surface area contributed by atoms with Crippen LogP contribution in [0.15, 0.2) is 48.5 Å². The molecule has 98 valence electrons. The van der Waals surface area contributed by atoms with E-state index in [-0.39, 0.29) is 12.3 Å². The molecular formula is C15H13F2NO. The van der Waals surface area contributed by atoms with E-state index >= 15 is 0 Å². The molecule has 0 aliphatic rings. The highest BCUT2D eigenvalue weighted by Gasteiger charge is 2.06. The third-order valence-corrected chi connectivity index (χ3v) is 2.62. The standard InChI is InChI=1S/C15H13F2NO/c16-13-6-12(7-14(17)9-13)8-15(19)18-10-11-4-2-1-3-5-11/h1-7,9H,8,10H2,(H,18,19). The number of carbonyl (C=O) groups is 1. The van der Waals surface area contributed by atoms with Gasteiger partial charge in [0.1, 0.15) is 11.6 Å². The first-order chi connectivity index (χ1) is 9.13. The fraction of sp³-hybridized carbons (Fsp3) is 0.133. The lowest BCUT2D eigenvalue weighted by atomic mass is 10.1. The van der Waals surface area contributed by atoms with Gasteiger partial charge in [0.2, 0.25) is 5.91 Å². The van der Waals surface area contributed by atoms with Crippen LogP contribution in [0.3, 0.4) is 0 Å². The number of hydrogen-bond donors (Lipinski definition) is 1. The van der Waals surface area contributed by atoms with Crippen molar-refractivity contribution in [3.63, 3.8) is 0 Å². The van der Waals surface area contributed by atoms with E-state index < -0.39 is 11.6 Å². The molecular weight excluding hydrogens is 248 g/mol. The van der Waals surface area contributed by atoms with Crippen LogP contribution in [-0.2, 0) is 17.8 Å². The molecule has 0 radical (unpaired) electrons. The van der Waals surface area contributed by atoms with Gasteiger partial charge in [-0.2, -0.15) is 0 Å². The molecule has 0 saturated heterocycles. The van der Waals surface area contributed by atoms with Crippen molar-refractivity contribution in [2.24, 2.45) is 0 Å². The van der Waals surface area contributed by atoms with Gasteiger partial charge in [-0.1, -0.05) is 30.3 Å². The second kappa shape index (κ2) is 6.09. The second-order valence-corrected chi connectivity index (χ2v) is 4.22. The summed E-state index contributed by atoms with van der Waals surface area (Å²) in [5.74, 6) is -1.62. The van der Waals surface area contributed by atoms with Crippen molar-refractivity contribution in [1.29, 1.82) is 0 Å². The van der Waals surface area contributed by atoms with E-state index in [0.29, 0.717) is 12.1 Å². The minimum atomic E-state index is -0.675. The highest BCUT2D eigenvalue weighted by molar-refractivity contribution is 5.78. The second-order valence-electron chi connectivity index (χ2n) is 4.22. The first kappa shape index (κ1) is 13.2. The van der Waals surface area contributed by atoms with Crippen LogP contribution < -0.4 is 5.32 Å². The topological polar surface area (TPSA) is 29.1 Å². The van der Waals surface area contributed by atoms with Crippen molar-refractivity contribution in [2.75, 3.05) is 0 Å². The molecule has 2 rings (SSSR count). The Morgan fingerprint density at radius 3 is 2.21 bits per heavy atom. The van der Waals surface area contributed by atoms with E-state index in [2.05, 4.69) is 5.32 Å². The van der Waals surface area contributed by atoms with Crippen LogP contribution in [0.2, 0.25) is 0 Å². The lowest BCUT2D eigenvalue weighted by molar-refractivity contribution is -0.120. The number of nitrogens with one attached hydrogen (secondary N) is 1. The fourth-order valence-electron chi connectivity index (χ4n) is 1.76. The van der Waals surface area contributed by atoms with E-state index in [0.717, 1.165) is 23.8 Å². The minimum Gasteiger partial charge on any atom is -0.352 e. The van der Waals surface area contributed by atoms with E-state index in [1.807, 2.05) is 30.3 Å². The number of benzene rings is 2. The lowest BCUT2D eigenvalue weighted by Gasteiger charge is -2.05. The summed E-state index contributed by atoms with van der Waals surface area (Å²) in [6.45, 7) is 0.400. The summed E-state index contributed by atoms with van der Waals surface area (Å²) < 4.78 is 25.9. The van der Waals surface area contributed by atoms with E-state index in [1.54, 1.807) is 0 Å². The quantitative estimate of drug-likeness (QED) is 0.901. The highest BCUT2D eigenvalue weighted by atomic mass is 19.1. The summed E-state index contributed by atoms with van der Waals surface area (Å²) >= 11 is 0. The van der Waals surface area contributed by atoms with Crippen molar-refractivity contribution >= 4 is 5.91 Å². The van der Waals surface area contributed by atoms with Gasteiger partial charge in [0, 0.05) is 12.6 Å². The zero-order valence-electron chi connectivity index (χ0n) is 10.2. The number of amides is 1. The van der Waals surface area contributed by atoms with Gasteiger partial charge in [0.15, 0.2) is 0 Å². The predicted octanol–water partition coefficient (Wildman–Crippen LogP) is 2.82. The molecule has 0 spiro atoms. The van der Waals surface area contributed by atoms with Crippen LogP contribution in [0, 0.1) is 11.6 Å². The van der Waals surface area contributed by atoms with Crippen molar-refractivity contribution < 1.29 is 13.6 Å². The Kier molecular flexibility index (Phi) is 4.23. The Labute approximate surface area is 110 Å². The Balaban J connectivity index is 1.91.